The fraction of sp³-hybridized carbons (Fsp3) is 0.579. The third-order valence-corrected chi connectivity index (χ3v) is 4.78. The van der Waals surface area contributed by atoms with Gasteiger partial charge in [-0.3, -0.25) is 4.79 Å². The van der Waals surface area contributed by atoms with E-state index in [1.165, 1.54) is 6.42 Å². The number of methoxy groups -OCH3 is 1. The molecule has 1 aromatic rings. The van der Waals surface area contributed by atoms with Gasteiger partial charge in [0.05, 0.1) is 12.8 Å². The molecule has 0 radical (unpaired) electrons. The Hall–Kier alpha value is -2.24. The number of nitrogens with one attached hydrogen (secondary N) is 2. The van der Waals surface area contributed by atoms with E-state index in [1.807, 2.05) is 13.8 Å². The van der Waals surface area contributed by atoms with E-state index < -0.39 is 0 Å². The molecule has 0 saturated heterocycles. The summed E-state index contributed by atoms with van der Waals surface area (Å²) in [5.74, 6) is 0.670. The number of urea groups is 1. The molecule has 6 nitrogen and oxygen atoms in total. The maximum atomic E-state index is 12.5. The van der Waals surface area contributed by atoms with Crippen molar-refractivity contribution in [2.75, 3.05) is 24.8 Å². The first kappa shape index (κ1) is 19.1. The van der Waals surface area contributed by atoms with Crippen LogP contribution in [0.5, 0.6) is 5.75 Å². The summed E-state index contributed by atoms with van der Waals surface area (Å²) in [5.41, 5.74) is 1.21. The van der Waals surface area contributed by atoms with Gasteiger partial charge in [0.15, 0.2) is 0 Å². The lowest BCUT2D eigenvalue weighted by Gasteiger charge is -2.23. The Morgan fingerprint density at radius 1 is 1.16 bits per heavy atom. The standard InChI is InChI=1S/C19H29N3O3/c1-13(2)22(3)19(24)20-15-10-11-17(25-4)16(12-15)21-18(23)14-8-6-5-7-9-14/h10-14H,5-9H2,1-4H3,(H,20,24)(H,21,23). The first-order valence-corrected chi connectivity index (χ1v) is 8.95. The Labute approximate surface area is 149 Å². The number of amides is 3. The van der Waals surface area contributed by atoms with E-state index in [-0.39, 0.29) is 23.9 Å². The maximum absolute atomic E-state index is 12.5. The summed E-state index contributed by atoms with van der Waals surface area (Å²) in [6, 6.07) is 5.17. The van der Waals surface area contributed by atoms with E-state index in [1.54, 1.807) is 37.3 Å². The highest BCUT2D eigenvalue weighted by Crippen LogP contribution is 2.30. The SMILES string of the molecule is COc1ccc(NC(=O)N(C)C(C)C)cc1NC(=O)C1CCCCC1. The second kappa shape index (κ2) is 8.74. The third-order valence-electron chi connectivity index (χ3n) is 4.78. The topological polar surface area (TPSA) is 70.7 Å². The molecule has 1 saturated carbocycles. The highest BCUT2D eigenvalue weighted by Gasteiger charge is 2.22. The van der Waals surface area contributed by atoms with Crippen molar-refractivity contribution in [3.05, 3.63) is 18.2 Å². The van der Waals surface area contributed by atoms with Crippen LogP contribution >= 0.6 is 0 Å². The number of ether oxygens (including phenoxy) is 1. The van der Waals surface area contributed by atoms with Gasteiger partial charge in [-0.05, 0) is 44.9 Å². The van der Waals surface area contributed by atoms with Crippen molar-refractivity contribution in [2.45, 2.75) is 52.0 Å². The summed E-state index contributed by atoms with van der Waals surface area (Å²) in [6.07, 6.45) is 5.28. The van der Waals surface area contributed by atoms with E-state index in [9.17, 15) is 9.59 Å². The minimum absolute atomic E-state index is 0.0285. The van der Waals surface area contributed by atoms with Crippen molar-refractivity contribution in [1.29, 1.82) is 0 Å². The van der Waals surface area contributed by atoms with Crippen molar-refractivity contribution in [3.8, 4) is 5.75 Å². The fourth-order valence-corrected chi connectivity index (χ4v) is 2.93. The van der Waals surface area contributed by atoms with Gasteiger partial charge in [0, 0.05) is 24.7 Å². The zero-order valence-corrected chi connectivity index (χ0v) is 15.6. The summed E-state index contributed by atoms with van der Waals surface area (Å²) in [6.45, 7) is 3.90. The highest BCUT2D eigenvalue weighted by atomic mass is 16.5. The Bertz CT molecular complexity index is 610. The predicted molar refractivity (Wildman–Crippen MR) is 100 cm³/mol. The number of benzene rings is 1. The van der Waals surface area contributed by atoms with Crippen LogP contribution in [-0.2, 0) is 4.79 Å². The zero-order valence-electron chi connectivity index (χ0n) is 15.6. The third kappa shape index (κ3) is 5.11. The summed E-state index contributed by atoms with van der Waals surface area (Å²) >= 11 is 0. The molecular formula is C19H29N3O3. The maximum Gasteiger partial charge on any atom is 0.321 e. The monoisotopic (exact) mass is 347 g/mol. The molecule has 2 rings (SSSR count). The van der Waals surface area contributed by atoms with E-state index in [2.05, 4.69) is 10.6 Å². The van der Waals surface area contributed by atoms with Crippen LogP contribution in [0.3, 0.4) is 0 Å². The van der Waals surface area contributed by atoms with Crippen molar-refractivity contribution in [1.82, 2.24) is 4.90 Å². The summed E-state index contributed by atoms with van der Waals surface area (Å²) in [7, 11) is 3.31. The molecule has 1 fully saturated rings. The van der Waals surface area contributed by atoms with Crippen LogP contribution in [-0.4, -0.2) is 37.0 Å². The number of rotatable bonds is 5. The summed E-state index contributed by atoms with van der Waals surface area (Å²) < 4.78 is 5.34. The Morgan fingerprint density at radius 3 is 2.44 bits per heavy atom. The van der Waals surface area contributed by atoms with Gasteiger partial charge in [0.1, 0.15) is 5.75 Å². The Kier molecular flexibility index (Phi) is 6.67. The van der Waals surface area contributed by atoms with Crippen LogP contribution in [0.1, 0.15) is 46.0 Å². The van der Waals surface area contributed by atoms with Crippen molar-refractivity contribution in [2.24, 2.45) is 5.92 Å². The van der Waals surface area contributed by atoms with Gasteiger partial charge < -0.3 is 20.3 Å². The normalized spacial score (nSPS) is 14.9. The average molecular weight is 347 g/mol. The molecule has 0 bridgehead atoms. The molecule has 0 aliphatic heterocycles. The molecule has 6 heteroatoms. The van der Waals surface area contributed by atoms with Crippen LogP contribution in [0.15, 0.2) is 18.2 Å². The van der Waals surface area contributed by atoms with Gasteiger partial charge in [-0.2, -0.15) is 0 Å². The van der Waals surface area contributed by atoms with Gasteiger partial charge in [-0.15, -0.1) is 0 Å². The summed E-state index contributed by atoms with van der Waals surface area (Å²) in [5, 5.41) is 5.82. The van der Waals surface area contributed by atoms with Crippen molar-refractivity contribution in [3.63, 3.8) is 0 Å². The van der Waals surface area contributed by atoms with Gasteiger partial charge >= 0.3 is 6.03 Å². The van der Waals surface area contributed by atoms with Crippen molar-refractivity contribution < 1.29 is 14.3 Å². The molecule has 1 aliphatic carbocycles. The van der Waals surface area contributed by atoms with Gasteiger partial charge in [0.2, 0.25) is 5.91 Å². The molecule has 138 valence electrons. The average Bonchev–Trinajstić information content (AvgIpc) is 2.61. The number of anilines is 2. The number of hydrogen-bond acceptors (Lipinski definition) is 3. The summed E-state index contributed by atoms with van der Waals surface area (Å²) in [4.78, 5) is 26.3. The molecule has 3 amide bonds. The second-order valence-corrected chi connectivity index (χ2v) is 6.87. The first-order valence-electron chi connectivity index (χ1n) is 8.95. The van der Waals surface area contributed by atoms with Crippen LogP contribution < -0.4 is 15.4 Å². The molecule has 2 N–H and O–H groups in total. The zero-order chi connectivity index (χ0) is 18.4. The Balaban J connectivity index is 2.10. The van der Waals surface area contributed by atoms with E-state index >= 15 is 0 Å². The molecule has 0 aromatic heterocycles. The molecule has 1 aromatic carbocycles. The smallest absolute Gasteiger partial charge is 0.321 e. The molecule has 25 heavy (non-hydrogen) atoms. The van der Waals surface area contributed by atoms with Crippen LogP contribution in [0, 0.1) is 5.92 Å². The highest BCUT2D eigenvalue weighted by molar-refractivity contribution is 5.96. The molecule has 0 spiro atoms. The lowest BCUT2D eigenvalue weighted by Crippen LogP contribution is -2.36. The molecular weight excluding hydrogens is 318 g/mol. The van der Waals surface area contributed by atoms with Gasteiger partial charge in [-0.25, -0.2) is 4.79 Å². The first-order chi connectivity index (χ1) is 11.9. The fourth-order valence-electron chi connectivity index (χ4n) is 2.93. The second-order valence-electron chi connectivity index (χ2n) is 6.87. The van der Waals surface area contributed by atoms with E-state index in [4.69, 9.17) is 4.74 Å². The minimum atomic E-state index is -0.190. The minimum Gasteiger partial charge on any atom is -0.495 e. The molecule has 0 heterocycles. The predicted octanol–water partition coefficient (Wildman–Crippen LogP) is 4.09. The van der Waals surface area contributed by atoms with Crippen molar-refractivity contribution >= 4 is 23.3 Å². The Morgan fingerprint density at radius 2 is 1.84 bits per heavy atom. The van der Waals surface area contributed by atoms with Crippen LogP contribution in [0.2, 0.25) is 0 Å². The van der Waals surface area contributed by atoms with Gasteiger partial charge in [-0.1, -0.05) is 19.3 Å². The van der Waals surface area contributed by atoms with Crippen LogP contribution in [0.4, 0.5) is 16.2 Å². The van der Waals surface area contributed by atoms with E-state index in [0.29, 0.717) is 17.1 Å². The van der Waals surface area contributed by atoms with Gasteiger partial charge in [0.25, 0.3) is 0 Å². The lowest BCUT2D eigenvalue weighted by atomic mass is 9.88. The number of nitrogens with zero attached hydrogens (tertiary/aromatic N) is 1. The number of carbonyl (C=O) groups excluding carboxylic acids is 2. The molecule has 1 aliphatic rings. The van der Waals surface area contributed by atoms with Crippen LogP contribution in [0.25, 0.3) is 0 Å². The number of hydrogen-bond donors (Lipinski definition) is 2. The molecule has 0 unspecified atom stereocenters. The molecule has 0 atom stereocenters. The number of carbonyl (C=O) groups is 2. The van der Waals surface area contributed by atoms with E-state index in [0.717, 1.165) is 25.7 Å². The quantitative estimate of drug-likeness (QED) is 0.843. The lowest BCUT2D eigenvalue weighted by molar-refractivity contribution is -0.120. The largest absolute Gasteiger partial charge is 0.495 e.